The van der Waals surface area contributed by atoms with Crippen molar-refractivity contribution in [3.8, 4) is 0 Å². The average Bonchev–Trinajstić information content (AvgIpc) is 2.46. The van der Waals surface area contributed by atoms with Crippen LogP contribution in [0.2, 0.25) is 0 Å². The molecule has 1 N–H and O–H groups in total. The van der Waals surface area contributed by atoms with E-state index in [2.05, 4.69) is 77.2 Å². The maximum atomic E-state index is 3.80. The zero-order valence-corrected chi connectivity index (χ0v) is 15.0. The molecule has 0 fully saturated rings. The fourth-order valence-electron chi connectivity index (χ4n) is 3.52. The number of rotatable bonds is 8. The van der Waals surface area contributed by atoms with E-state index >= 15 is 0 Å². The lowest BCUT2D eigenvalue weighted by molar-refractivity contribution is 0.230. The zero-order chi connectivity index (χ0) is 15.9. The third-order valence-corrected chi connectivity index (χ3v) is 4.91. The summed E-state index contributed by atoms with van der Waals surface area (Å²) in [6.45, 7) is 15.0. The Morgan fingerprint density at radius 3 is 1.95 bits per heavy atom. The van der Waals surface area contributed by atoms with Gasteiger partial charge in [0, 0.05) is 11.5 Å². The van der Waals surface area contributed by atoms with Crippen LogP contribution in [0.5, 0.6) is 0 Å². The van der Waals surface area contributed by atoms with Gasteiger partial charge in [0.25, 0.3) is 0 Å². The molecule has 1 aromatic rings. The third-order valence-electron chi connectivity index (χ3n) is 4.91. The Labute approximate surface area is 132 Å². The molecule has 0 aliphatic rings. The van der Waals surface area contributed by atoms with Gasteiger partial charge in [0.05, 0.1) is 0 Å². The van der Waals surface area contributed by atoms with E-state index in [1.165, 1.54) is 31.2 Å². The van der Waals surface area contributed by atoms with E-state index in [4.69, 9.17) is 0 Å². The molecule has 0 aliphatic heterocycles. The molecule has 21 heavy (non-hydrogen) atoms. The van der Waals surface area contributed by atoms with Crippen molar-refractivity contribution in [1.29, 1.82) is 0 Å². The fourth-order valence-corrected chi connectivity index (χ4v) is 3.52. The molecule has 0 aliphatic carbocycles. The van der Waals surface area contributed by atoms with Gasteiger partial charge in [-0.3, -0.25) is 0 Å². The second kappa shape index (κ2) is 7.98. The van der Waals surface area contributed by atoms with Crippen LogP contribution in [-0.2, 0) is 5.41 Å². The van der Waals surface area contributed by atoms with Gasteiger partial charge in [-0.25, -0.2) is 0 Å². The van der Waals surface area contributed by atoms with Crippen molar-refractivity contribution in [2.75, 3.05) is 6.54 Å². The summed E-state index contributed by atoms with van der Waals surface area (Å²) in [5.74, 6) is 0. The van der Waals surface area contributed by atoms with Crippen LogP contribution < -0.4 is 5.32 Å². The number of hydrogen-bond acceptors (Lipinski definition) is 1. The zero-order valence-electron chi connectivity index (χ0n) is 15.0. The van der Waals surface area contributed by atoms with Gasteiger partial charge < -0.3 is 5.32 Å². The summed E-state index contributed by atoms with van der Waals surface area (Å²) in [7, 11) is 0. The quantitative estimate of drug-likeness (QED) is 0.661. The SMILES string of the molecule is CCNC(CCC(C)(C)C)C(CC)(CC)c1ccccc1. The van der Waals surface area contributed by atoms with Crippen molar-refractivity contribution in [1.82, 2.24) is 5.32 Å². The van der Waals surface area contributed by atoms with Gasteiger partial charge in [-0.05, 0) is 43.2 Å². The Bertz CT molecular complexity index is 384. The first-order chi connectivity index (χ1) is 9.89. The van der Waals surface area contributed by atoms with Crippen LogP contribution in [0.15, 0.2) is 30.3 Å². The van der Waals surface area contributed by atoms with Crippen molar-refractivity contribution in [2.24, 2.45) is 5.41 Å². The Kier molecular flexibility index (Phi) is 6.93. The summed E-state index contributed by atoms with van der Waals surface area (Å²) in [4.78, 5) is 0. The molecule has 0 amide bonds. The smallest absolute Gasteiger partial charge is 0.0164 e. The second-order valence-electron chi connectivity index (χ2n) is 7.44. The molecule has 1 aromatic carbocycles. The Morgan fingerprint density at radius 2 is 1.52 bits per heavy atom. The Morgan fingerprint density at radius 1 is 0.952 bits per heavy atom. The van der Waals surface area contributed by atoms with Crippen molar-refractivity contribution >= 4 is 0 Å². The minimum absolute atomic E-state index is 0.252. The van der Waals surface area contributed by atoms with E-state index in [0.717, 1.165) is 6.54 Å². The van der Waals surface area contributed by atoms with Crippen molar-refractivity contribution < 1.29 is 0 Å². The second-order valence-corrected chi connectivity index (χ2v) is 7.44. The van der Waals surface area contributed by atoms with Gasteiger partial charge in [0.1, 0.15) is 0 Å². The topological polar surface area (TPSA) is 12.0 Å². The molecule has 0 saturated heterocycles. The molecule has 1 heteroatoms. The first-order valence-corrected chi connectivity index (χ1v) is 8.68. The van der Waals surface area contributed by atoms with E-state index < -0.39 is 0 Å². The average molecular weight is 290 g/mol. The van der Waals surface area contributed by atoms with Crippen molar-refractivity contribution in [2.45, 2.75) is 78.7 Å². The lowest BCUT2D eigenvalue weighted by Crippen LogP contribution is -2.48. The number of likely N-dealkylation sites (N-methyl/N-ethyl adjacent to an activating group) is 1. The predicted octanol–water partition coefficient (Wildman–Crippen LogP) is 5.55. The van der Waals surface area contributed by atoms with Crippen LogP contribution >= 0.6 is 0 Å². The summed E-state index contributed by atoms with van der Waals surface area (Å²) in [5, 5.41) is 3.80. The molecule has 0 saturated carbocycles. The molecule has 0 aromatic heterocycles. The summed E-state index contributed by atoms with van der Waals surface area (Å²) in [5.41, 5.74) is 2.15. The summed E-state index contributed by atoms with van der Waals surface area (Å²) < 4.78 is 0. The normalized spacial score (nSPS) is 14.2. The molecule has 0 bridgehead atoms. The van der Waals surface area contributed by atoms with Gasteiger partial charge in [0.2, 0.25) is 0 Å². The van der Waals surface area contributed by atoms with Gasteiger partial charge in [-0.1, -0.05) is 71.9 Å². The first-order valence-electron chi connectivity index (χ1n) is 8.68. The lowest BCUT2D eigenvalue weighted by atomic mass is 9.68. The van der Waals surface area contributed by atoms with Gasteiger partial charge in [-0.15, -0.1) is 0 Å². The maximum absolute atomic E-state index is 3.80. The van der Waals surface area contributed by atoms with Crippen LogP contribution in [0.1, 0.15) is 72.8 Å². The molecule has 0 heterocycles. The van der Waals surface area contributed by atoms with Gasteiger partial charge in [-0.2, -0.15) is 0 Å². The largest absolute Gasteiger partial charge is 0.313 e. The number of benzene rings is 1. The summed E-state index contributed by atoms with van der Waals surface area (Å²) in [6, 6.07) is 11.7. The van der Waals surface area contributed by atoms with Crippen molar-refractivity contribution in [3.05, 3.63) is 35.9 Å². The Hall–Kier alpha value is -0.820. The van der Waals surface area contributed by atoms with Crippen LogP contribution in [0.25, 0.3) is 0 Å². The van der Waals surface area contributed by atoms with Crippen LogP contribution in [0, 0.1) is 5.41 Å². The molecule has 1 atom stereocenters. The van der Waals surface area contributed by atoms with Crippen LogP contribution in [0.3, 0.4) is 0 Å². The molecule has 0 radical (unpaired) electrons. The van der Waals surface area contributed by atoms with E-state index in [1.807, 2.05) is 0 Å². The van der Waals surface area contributed by atoms with Crippen LogP contribution in [-0.4, -0.2) is 12.6 Å². The van der Waals surface area contributed by atoms with Crippen molar-refractivity contribution in [3.63, 3.8) is 0 Å². The summed E-state index contributed by atoms with van der Waals surface area (Å²) in [6.07, 6.45) is 4.89. The molecule has 1 rings (SSSR count). The summed E-state index contributed by atoms with van der Waals surface area (Å²) >= 11 is 0. The highest BCUT2D eigenvalue weighted by molar-refractivity contribution is 5.27. The molecule has 1 nitrogen and oxygen atoms in total. The highest BCUT2D eigenvalue weighted by Gasteiger charge is 2.37. The fraction of sp³-hybridized carbons (Fsp3) is 0.700. The lowest BCUT2D eigenvalue weighted by Gasteiger charge is -2.42. The minimum atomic E-state index is 0.252. The highest BCUT2D eigenvalue weighted by atomic mass is 14.9. The molecular weight excluding hydrogens is 254 g/mol. The third kappa shape index (κ3) is 4.85. The van der Waals surface area contributed by atoms with Crippen LogP contribution in [0.4, 0.5) is 0 Å². The minimum Gasteiger partial charge on any atom is -0.313 e. The monoisotopic (exact) mass is 289 g/mol. The molecule has 1 unspecified atom stereocenters. The van der Waals surface area contributed by atoms with E-state index in [9.17, 15) is 0 Å². The van der Waals surface area contributed by atoms with Gasteiger partial charge >= 0.3 is 0 Å². The van der Waals surface area contributed by atoms with E-state index in [1.54, 1.807) is 0 Å². The number of nitrogens with one attached hydrogen (secondary N) is 1. The maximum Gasteiger partial charge on any atom is 0.0164 e. The molecular formula is C20H35N. The Balaban J connectivity index is 3.08. The highest BCUT2D eigenvalue weighted by Crippen LogP contribution is 2.38. The van der Waals surface area contributed by atoms with E-state index in [0.29, 0.717) is 11.5 Å². The number of hydrogen-bond donors (Lipinski definition) is 1. The van der Waals surface area contributed by atoms with E-state index in [-0.39, 0.29) is 5.41 Å². The van der Waals surface area contributed by atoms with Gasteiger partial charge in [0.15, 0.2) is 0 Å². The standard InChI is InChI=1S/C20H35N/c1-7-20(8-2,17-13-11-10-12-14-17)18(21-9-3)15-16-19(4,5)6/h10-14,18,21H,7-9,15-16H2,1-6H3. The molecule has 0 spiro atoms. The molecule has 120 valence electrons. The predicted molar refractivity (Wildman–Crippen MR) is 94.9 cm³/mol. The first kappa shape index (κ1) is 18.2.